The predicted octanol–water partition coefficient (Wildman–Crippen LogP) is 4.97. The van der Waals surface area contributed by atoms with Gasteiger partial charge in [0, 0.05) is 17.1 Å². The topological polar surface area (TPSA) is 98.2 Å². The molecule has 0 radical (unpaired) electrons. The zero-order valence-electron chi connectivity index (χ0n) is 20.0. The molecule has 9 heteroatoms. The Morgan fingerprint density at radius 2 is 1.97 bits per heavy atom. The smallest absolute Gasteiger partial charge is 0.301 e. The molecule has 0 bridgehead atoms. The number of nitrogens with zero attached hydrogens (tertiary/aromatic N) is 2. The molecule has 1 fully saturated rings. The average molecular weight is 507 g/mol. The molecule has 1 aromatic heterocycles. The maximum atomic E-state index is 13.3. The van der Waals surface area contributed by atoms with Gasteiger partial charge < -0.3 is 19.3 Å². The molecule has 1 N–H and O–H groups in total. The van der Waals surface area contributed by atoms with Crippen LogP contribution in [0.25, 0.3) is 5.76 Å². The van der Waals surface area contributed by atoms with Crippen molar-refractivity contribution in [2.75, 3.05) is 24.7 Å². The number of aliphatic hydroxyl groups is 1. The number of ether oxygens (including phenoxy) is 3. The van der Waals surface area contributed by atoms with E-state index in [-0.39, 0.29) is 11.3 Å². The zero-order valence-corrected chi connectivity index (χ0v) is 20.8. The number of Topliss-reactive ketones (excluding diaryl/α,β-unsaturated/α-hetero) is 1. The molecule has 0 aliphatic carbocycles. The van der Waals surface area contributed by atoms with Crippen LogP contribution in [0.4, 0.5) is 5.13 Å². The summed E-state index contributed by atoms with van der Waals surface area (Å²) in [6, 6.07) is 11.3. The van der Waals surface area contributed by atoms with Crippen LogP contribution in [0.15, 0.2) is 59.6 Å². The van der Waals surface area contributed by atoms with Crippen LogP contribution < -0.4 is 19.1 Å². The van der Waals surface area contributed by atoms with E-state index in [1.165, 1.54) is 16.2 Å². The summed E-state index contributed by atoms with van der Waals surface area (Å²) in [7, 11) is 0. The van der Waals surface area contributed by atoms with Crippen molar-refractivity contribution in [1.82, 2.24) is 4.98 Å². The van der Waals surface area contributed by atoms with Gasteiger partial charge in [0.2, 0.25) is 0 Å². The fourth-order valence-electron chi connectivity index (χ4n) is 4.21. The van der Waals surface area contributed by atoms with E-state index >= 15 is 0 Å². The Kier molecular flexibility index (Phi) is 6.65. The van der Waals surface area contributed by atoms with Crippen molar-refractivity contribution >= 4 is 33.9 Å². The maximum Gasteiger partial charge on any atom is 0.301 e. The number of carbonyl (C=O) groups is 2. The van der Waals surface area contributed by atoms with Gasteiger partial charge in [-0.3, -0.25) is 14.5 Å². The van der Waals surface area contributed by atoms with Crippen LogP contribution in [0.5, 0.6) is 17.2 Å². The van der Waals surface area contributed by atoms with Crippen LogP contribution in [0.1, 0.15) is 37.4 Å². The first-order chi connectivity index (χ1) is 17.4. The van der Waals surface area contributed by atoms with Gasteiger partial charge in [0.15, 0.2) is 16.6 Å². The highest BCUT2D eigenvalue weighted by Crippen LogP contribution is 2.44. The lowest BCUT2D eigenvalue weighted by Crippen LogP contribution is -2.29. The van der Waals surface area contributed by atoms with Gasteiger partial charge in [0.25, 0.3) is 5.78 Å². The molecule has 1 amide bonds. The first kappa shape index (κ1) is 23.9. The number of ketones is 1. The number of benzene rings is 2. The molecule has 0 saturated carbocycles. The number of thiazole rings is 1. The molecule has 0 unspecified atom stereocenters. The standard InChI is InChI=1S/C27H26N2O6S/c1-16(2)8-10-33-19-5-3-4-17(14-19)23-22(25(31)26(32)29(23)27-28-9-13-36-27)24(30)18-6-7-20-21(15-18)35-12-11-34-20/h3-7,9,13-16,23,30H,8,10-12H2,1-2H3/t23-/m0/s1. The fraction of sp³-hybridized carbons (Fsp3) is 0.296. The number of rotatable bonds is 7. The molecule has 8 nitrogen and oxygen atoms in total. The van der Waals surface area contributed by atoms with Crippen LogP contribution in [0, 0.1) is 5.92 Å². The molecule has 2 aliphatic heterocycles. The minimum Gasteiger partial charge on any atom is -0.507 e. The molecule has 0 spiro atoms. The first-order valence-electron chi connectivity index (χ1n) is 11.8. The van der Waals surface area contributed by atoms with E-state index < -0.39 is 17.7 Å². The van der Waals surface area contributed by atoms with Gasteiger partial charge >= 0.3 is 5.91 Å². The minimum atomic E-state index is -0.877. The van der Waals surface area contributed by atoms with Gasteiger partial charge in [0.1, 0.15) is 24.7 Å². The van der Waals surface area contributed by atoms with Gasteiger partial charge in [-0.05, 0) is 48.2 Å². The second kappa shape index (κ2) is 10.0. The number of fused-ring (bicyclic) bond motifs is 1. The van der Waals surface area contributed by atoms with Crippen molar-refractivity contribution < 1.29 is 28.9 Å². The molecule has 5 rings (SSSR count). The first-order valence-corrected chi connectivity index (χ1v) is 12.6. The summed E-state index contributed by atoms with van der Waals surface area (Å²) in [5.74, 6) is 0.322. The van der Waals surface area contributed by atoms with Gasteiger partial charge in [-0.2, -0.15) is 0 Å². The number of aliphatic hydroxyl groups excluding tert-OH is 1. The third-order valence-electron chi connectivity index (χ3n) is 6.02. The number of amides is 1. The summed E-state index contributed by atoms with van der Waals surface area (Å²) in [6.07, 6.45) is 2.47. The predicted molar refractivity (Wildman–Crippen MR) is 136 cm³/mol. The normalized spacial score (nSPS) is 18.6. The van der Waals surface area contributed by atoms with Crippen LogP contribution in [0.3, 0.4) is 0 Å². The van der Waals surface area contributed by atoms with E-state index in [9.17, 15) is 14.7 Å². The average Bonchev–Trinajstić information content (AvgIpc) is 3.50. The fourth-order valence-corrected chi connectivity index (χ4v) is 4.88. The minimum absolute atomic E-state index is 0.0220. The third-order valence-corrected chi connectivity index (χ3v) is 6.79. The Labute approximate surface area is 212 Å². The molecule has 1 saturated heterocycles. The molecular formula is C27H26N2O6S. The quantitative estimate of drug-likeness (QED) is 0.275. The summed E-state index contributed by atoms with van der Waals surface area (Å²) < 4.78 is 17.1. The van der Waals surface area contributed by atoms with Gasteiger partial charge in [-0.15, -0.1) is 11.3 Å². The van der Waals surface area contributed by atoms with Crippen LogP contribution in [-0.2, 0) is 9.59 Å². The Bertz CT molecular complexity index is 1320. The summed E-state index contributed by atoms with van der Waals surface area (Å²) in [4.78, 5) is 32.1. The van der Waals surface area contributed by atoms with Crippen molar-refractivity contribution in [1.29, 1.82) is 0 Å². The van der Waals surface area contributed by atoms with Gasteiger partial charge in [-0.25, -0.2) is 4.98 Å². The molecule has 3 aromatic rings. The molecule has 36 heavy (non-hydrogen) atoms. The monoisotopic (exact) mass is 506 g/mol. The number of carbonyl (C=O) groups excluding carboxylic acids is 2. The maximum absolute atomic E-state index is 13.3. The summed E-state index contributed by atoms with van der Waals surface area (Å²) in [5.41, 5.74) is 0.961. The lowest BCUT2D eigenvalue weighted by molar-refractivity contribution is -0.132. The van der Waals surface area contributed by atoms with E-state index in [1.807, 2.05) is 18.2 Å². The number of aromatic nitrogens is 1. The van der Waals surface area contributed by atoms with Gasteiger partial charge in [-0.1, -0.05) is 26.0 Å². The Balaban J connectivity index is 1.60. The van der Waals surface area contributed by atoms with E-state index in [1.54, 1.807) is 35.8 Å². The van der Waals surface area contributed by atoms with E-state index in [0.717, 1.165) is 6.42 Å². The largest absolute Gasteiger partial charge is 0.507 e. The van der Waals surface area contributed by atoms with Crippen LogP contribution in [-0.4, -0.2) is 41.6 Å². The zero-order chi connectivity index (χ0) is 25.2. The van der Waals surface area contributed by atoms with E-state index in [4.69, 9.17) is 14.2 Å². The molecule has 1 atom stereocenters. The van der Waals surface area contributed by atoms with Crippen LogP contribution in [0.2, 0.25) is 0 Å². The van der Waals surface area contributed by atoms with E-state index in [0.29, 0.717) is 59.2 Å². The number of anilines is 1. The molecule has 2 aromatic carbocycles. The Morgan fingerprint density at radius 1 is 1.17 bits per heavy atom. The number of hydrogen-bond acceptors (Lipinski definition) is 8. The molecular weight excluding hydrogens is 480 g/mol. The highest BCUT2D eigenvalue weighted by atomic mass is 32.1. The molecule has 3 heterocycles. The van der Waals surface area contributed by atoms with Gasteiger partial charge in [0.05, 0.1) is 18.2 Å². The number of hydrogen-bond donors (Lipinski definition) is 1. The van der Waals surface area contributed by atoms with E-state index in [2.05, 4.69) is 18.8 Å². The van der Waals surface area contributed by atoms with Crippen molar-refractivity contribution in [2.24, 2.45) is 5.92 Å². The summed E-state index contributed by atoms with van der Waals surface area (Å²) in [6.45, 7) is 5.62. The second-order valence-electron chi connectivity index (χ2n) is 8.95. The molecule has 2 aliphatic rings. The SMILES string of the molecule is CC(C)CCOc1cccc([C@H]2C(=C(O)c3ccc4c(c3)OCCO4)C(=O)C(=O)N2c2nccs2)c1. The highest BCUT2D eigenvalue weighted by molar-refractivity contribution is 7.14. The Morgan fingerprint density at radius 3 is 2.72 bits per heavy atom. The second-order valence-corrected chi connectivity index (χ2v) is 9.82. The summed E-state index contributed by atoms with van der Waals surface area (Å²) in [5, 5.41) is 13.5. The Hall–Kier alpha value is -3.85. The highest BCUT2D eigenvalue weighted by Gasteiger charge is 2.48. The summed E-state index contributed by atoms with van der Waals surface area (Å²) >= 11 is 1.24. The van der Waals surface area contributed by atoms with Crippen molar-refractivity contribution in [3.05, 3.63) is 70.7 Å². The van der Waals surface area contributed by atoms with Crippen molar-refractivity contribution in [3.63, 3.8) is 0 Å². The van der Waals surface area contributed by atoms with Crippen molar-refractivity contribution in [3.8, 4) is 17.2 Å². The lowest BCUT2D eigenvalue weighted by Gasteiger charge is -2.24. The third kappa shape index (κ3) is 4.54. The molecule has 186 valence electrons. The van der Waals surface area contributed by atoms with Crippen molar-refractivity contribution in [2.45, 2.75) is 26.3 Å². The van der Waals surface area contributed by atoms with Crippen LogP contribution >= 0.6 is 11.3 Å². The lowest BCUT2D eigenvalue weighted by atomic mass is 9.95.